The van der Waals surface area contributed by atoms with Crippen molar-refractivity contribution in [2.75, 3.05) is 6.54 Å². The van der Waals surface area contributed by atoms with Crippen molar-refractivity contribution in [3.63, 3.8) is 0 Å². The van der Waals surface area contributed by atoms with E-state index < -0.39 is 11.4 Å². The zero-order valence-corrected chi connectivity index (χ0v) is 19.2. The summed E-state index contributed by atoms with van der Waals surface area (Å²) in [6.45, 7) is 3.00. The first-order valence-corrected chi connectivity index (χ1v) is 12.0. The number of nitrogens with zero attached hydrogens (tertiary/aromatic N) is 1. The SMILES string of the molecule is Cc1c(C(=O)NC(CC2CC2)c2cccc(F)c2)c2cccc(F)c2c(=O)n1CC1CCCN1. The van der Waals surface area contributed by atoms with Crippen molar-refractivity contribution in [3.05, 3.63) is 81.3 Å². The second kappa shape index (κ2) is 9.29. The molecular formula is C27H29F2N3O2. The van der Waals surface area contributed by atoms with E-state index in [1.165, 1.54) is 28.8 Å². The van der Waals surface area contributed by atoms with Crippen molar-refractivity contribution in [3.8, 4) is 0 Å². The van der Waals surface area contributed by atoms with Gasteiger partial charge >= 0.3 is 0 Å². The number of hydrogen-bond acceptors (Lipinski definition) is 3. The highest BCUT2D eigenvalue weighted by molar-refractivity contribution is 6.08. The molecule has 7 heteroatoms. The molecule has 2 aliphatic rings. The van der Waals surface area contributed by atoms with E-state index in [0.29, 0.717) is 41.1 Å². The molecule has 5 rings (SSSR count). The maximum absolute atomic E-state index is 14.9. The van der Waals surface area contributed by atoms with E-state index in [1.807, 2.05) is 6.07 Å². The Morgan fingerprint density at radius 1 is 1.18 bits per heavy atom. The zero-order valence-electron chi connectivity index (χ0n) is 19.2. The highest BCUT2D eigenvalue weighted by Crippen LogP contribution is 2.38. The van der Waals surface area contributed by atoms with Crippen LogP contribution in [0.4, 0.5) is 8.78 Å². The molecule has 1 aromatic heterocycles. The summed E-state index contributed by atoms with van der Waals surface area (Å²) >= 11 is 0. The van der Waals surface area contributed by atoms with Crippen LogP contribution in [-0.4, -0.2) is 23.1 Å². The van der Waals surface area contributed by atoms with Crippen LogP contribution in [0, 0.1) is 24.5 Å². The summed E-state index contributed by atoms with van der Waals surface area (Å²) in [6, 6.07) is 10.4. The van der Waals surface area contributed by atoms with Crippen LogP contribution in [0.1, 0.15) is 59.8 Å². The molecule has 5 nitrogen and oxygen atoms in total. The molecule has 1 aliphatic carbocycles. The third kappa shape index (κ3) is 4.49. The average Bonchev–Trinajstić information content (AvgIpc) is 3.47. The number of carbonyl (C=O) groups excluding carboxylic acids is 1. The largest absolute Gasteiger partial charge is 0.345 e. The van der Waals surface area contributed by atoms with Crippen LogP contribution in [0.25, 0.3) is 10.8 Å². The summed E-state index contributed by atoms with van der Waals surface area (Å²) < 4.78 is 30.3. The fourth-order valence-electron chi connectivity index (χ4n) is 5.13. The van der Waals surface area contributed by atoms with Crippen molar-refractivity contribution >= 4 is 16.7 Å². The van der Waals surface area contributed by atoms with Crippen molar-refractivity contribution in [1.82, 2.24) is 15.2 Å². The number of carbonyl (C=O) groups is 1. The van der Waals surface area contributed by atoms with E-state index in [-0.39, 0.29) is 29.2 Å². The molecule has 34 heavy (non-hydrogen) atoms. The van der Waals surface area contributed by atoms with E-state index >= 15 is 0 Å². The first kappa shape index (κ1) is 22.7. The number of hydrogen-bond donors (Lipinski definition) is 2. The Labute approximate surface area is 197 Å². The smallest absolute Gasteiger partial charge is 0.261 e. The maximum atomic E-state index is 14.9. The lowest BCUT2D eigenvalue weighted by Crippen LogP contribution is -2.37. The van der Waals surface area contributed by atoms with Gasteiger partial charge in [0.25, 0.3) is 11.5 Å². The molecule has 178 valence electrons. The van der Waals surface area contributed by atoms with Crippen LogP contribution in [0.15, 0.2) is 47.3 Å². The molecule has 2 atom stereocenters. The van der Waals surface area contributed by atoms with Gasteiger partial charge in [-0.2, -0.15) is 0 Å². The first-order valence-electron chi connectivity index (χ1n) is 12.0. The Morgan fingerprint density at radius 2 is 1.97 bits per heavy atom. The molecule has 0 bridgehead atoms. The zero-order chi connectivity index (χ0) is 23.8. The van der Waals surface area contributed by atoms with Gasteiger partial charge in [-0.05, 0) is 62.4 Å². The Hall–Kier alpha value is -3.06. The predicted octanol–water partition coefficient (Wildman–Crippen LogP) is 4.61. The number of fused-ring (bicyclic) bond motifs is 1. The Bertz CT molecular complexity index is 1290. The third-order valence-electron chi connectivity index (χ3n) is 7.12. The molecule has 2 heterocycles. The number of amides is 1. The quantitative estimate of drug-likeness (QED) is 0.536. The van der Waals surface area contributed by atoms with Crippen molar-refractivity contribution in [2.24, 2.45) is 5.92 Å². The molecule has 3 aromatic rings. The van der Waals surface area contributed by atoms with Gasteiger partial charge < -0.3 is 15.2 Å². The molecule has 1 aliphatic heterocycles. The first-order chi connectivity index (χ1) is 16.4. The maximum Gasteiger partial charge on any atom is 0.261 e. The molecule has 1 amide bonds. The molecule has 2 N–H and O–H groups in total. The van der Waals surface area contributed by atoms with Crippen LogP contribution < -0.4 is 16.2 Å². The molecule has 0 spiro atoms. The number of nitrogens with one attached hydrogen (secondary N) is 2. The second-order valence-corrected chi connectivity index (χ2v) is 9.59. The lowest BCUT2D eigenvalue weighted by molar-refractivity contribution is 0.0933. The number of rotatable bonds is 7. The van der Waals surface area contributed by atoms with E-state index in [2.05, 4.69) is 10.6 Å². The topological polar surface area (TPSA) is 63.1 Å². The van der Waals surface area contributed by atoms with Crippen molar-refractivity contribution < 1.29 is 13.6 Å². The highest BCUT2D eigenvalue weighted by Gasteiger charge is 2.30. The standard InChI is InChI=1S/C27H29F2N3O2/c1-16-24(26(33)31-23(13-17-10-11-17)18-5-2-6-19(28)14-18)21-8-3-9-22(29)25(21)27(34)32(16)15-20-7-4-12-30-20/h2-3,5-6,8-9,14,17,20,23,30H,4,7,10-13,15H2,1H3,(H,31,33). The van der Waals surface area contributed by atoms with Gasteiger partial charge in [0.2, 0.25) is 0 Å². The number of aromatic nitrogens is 1. The van der Waals surface area contributed by atoms with Gasteiger partial charge in [-0.25, -0.2) is 8.78 Å². The van der Waals surface area contributed by atoms with Gasteiger partial charge in [-0.1, -0.05) is 37.1 Å². The monoisotopic (exact) mass is 465 g/mol. The lowest BCUT2D eigenvalue weighted by atomic mass is 9.98. The fourth-order valence-corrected chi connectivity index (χ4v) is 5.13. The van der Waals surface area contributed by atoms with E-state index in [4.69, 9.17) is 0 Å². The molecule has 2 unspecified atom stereocenters. The van der Waals surface area contributed by atoms with Gasteiger partial charge in [-0.15, -0.1) is 0 Å². The van der Waals surface area contributed by atoms with Gasteiger partial charge in [0, 0.05) is 23.7 Å². The third-order valence-corrected chi connectivity index (χ3v) is 7.12. The van der Waals surface area contributed by atoms with E-state index in [1.54, 1.807) is 19.1 Å². The number of halogens is 2. The Morgan fingerprint density at radius 3 is 2.68 bits per heavy atom. The van der Waals surface area contributed by atoms with E-state index in [0.717, 1.165) is 32.2 Å². The summed E-state index contributed by atoms with van der Waals surface area (Å²) in [5, 5.41) is 6.69. The van der Waals surface area contributed by atoms with Crippen LogP contribution >= 0.6 is 0 Å². The number of pyridine rings is 1. The Balaban J connectivity index is 1.57. The van der Waals surface area contributed by atoms with Gasteiger partial charge in [-0.3, -0.25) is 9.59 Å². The van der Waals surface area contributed by atoms with Crippen LogP contribution in [-0.2, 0) is 6.54 Å². The predicted molar refractivity (Wildman–Crippen MR) is 128 cm³/mol. The minimum Gasteiger partial charge on any atom is -0.345 e. The highest BCUT2D eigenvalue weighted by atomic mass is 19.1. The fraction of sp³-hybridized carbons (Fsp3) is 0.407. The molecular weight excluding hydrogens is 436 g/mol. The minimum absolute atomic E-state index is 0.0688. The summed E-state index contributed by atoms with van der Waals surface area (Å²) in [5.74, 6) is -0.874. The van der Waals surface area contributed by atoms with Gasteiger partial charge in [0.05, 0.1) is 17.0 Å². The van der Waals surface area contributed by atoms with Crippen LogP contribution in [0.3, 0.4) is 0 Å². The molecule has 1 saturated carbocycles. The summed E-state index contributed by atoms with van der Waals surface area (Å²) in [7, 11) is 0. The molecule has 2 fully saturated rings. The second-order valence-electron chi connectivity index (χ2n) is 9.59. The minimum atomic E-state index is -0.635. The summed E-state index contributed by atoms with van der Waals surface area (Å²) in [4.78, 5) is 27.0. The normalized spacial score (nSPS) is 18.9. The van der Waals surface area contributed by atoms with Gasteiger partial charge in [0.1, 0.15) is 11.6 Å². The molecule has 0 radical (unpaired) electrons. The average molecular weight is 466 g/mol. The van der Waals surface area contributed by atoms with Crippen molar-refractivity contribution in [2.45, 2.75) is 57.7 Å². The molecule has 1 saturated heterocycles. The van der Waals surface area contributed by atoms with Gasteiger partial charge in [0.15, 0.2) is 0 Å². The summed E-state index contributed by atoms with van der Waals surface area (Å²) in [6.07, 6.45) is 4.84. The number of benzene rings is 2. The lowest BCUT2D eigenvalue weighted by Gasteiger charge is -2.23. The van der Waals surface area contributed by atoms with Crippen LogP contribution in [0.5, 0.6) is 0 Å². The van der Waals surface area contributed by atoms with Crippen molar-refractivity contribution in [1.29, 1.82) is 0 Å². The summed E-state index contributed by atoms with van der Waals surface area (Å²) in [5.41, 5.74) is 1.09. The molecule has 2 aromatic carbocycles. The van der Waals surface area contributed by atoms with E-state index in [9.17, 15) is 18.4 Å². The Kier molecular flexibility index (Phi) is 6.21. The van der Waals surface area contributed by atoms with Crippen LogP contribution in [0.2, 0.25) is 0 Å².